The fourth-order valence-electron chi connectivity index (χ4n) is 2.63. The Hall–Kier alpha value is -3.55. The van der Waals surface area contributed by atoms with Gasteiger partial charge in [0.15, 0.2) is 11.7 Å². The van der Waals surface area contributed by atoms with Crippen molar-refractivity contribution in [1.82, 2.24) is 25.7 Å². The van der Waals surface area contributed by atoms with E-state index in [1.807, 2.05) is 16.9 Å². The van der Waals surface area contributed by atoms with Crippen molar-refractivity contribution in [2.75, 3.05) is 26.7 Å². The molecule has 146 valence electrons. The topological polar surface area (TPSA) is 96.5 Å². The summed E-state index contributed by atoms with van der Waals surface area (Å²) in [5, 5.41) is 13.4. The van der Waals surface area contributed by atoms with E-state index in [0.29, 0.717) is 24.8 Å². The van der Waals surface area contributed by atoms with E-state index < -0.39 is 0 Å². The van der Waals surface area contributed by atoms with Crippen LogP contribution in [0, 0.1) is 0 Å². The molecular weight excluding hydrogens is 356 g/mol. The van der Waals surface area contributed by atoms with Crippen LogP contribution in [0.1, 0.15) is 16.1 Å². The van der Waals surface area contributed by atoms with Gasteiger partial charge in [-0.1, -0.05) is 12.1 Å². The summed E-state index contributed by atoms with van der Waals surface area (Å²) in [4.78, 5) is 15.9. The number of nitrogens with zero attached hydrogens (tertiary/aromatic N) is 3. The van der Waals surface area contributed by atoms with Gasteiger partial charge in [-0.15, -0.1) is 0 Å². The Labute approximate surface area is 163 Å². The second kappa shape index (κ2) is 9.96. The Morgan fingerprint density at radius 2 is 1.86 bits per heavy atom. The predicted octanol–water partition coefficient (Wildman–Crippen LogP) is 1.60. The van der Waals surface area contributed by atoms with Gasteiger partial charge < -0.3 is 20.4 Å². The Bertz CT molecular complexity index is 870. The van der Waals surface area contributed by atoms with Gasteiger partial charge >= 0.3 is 0 Å². The van der Waals surface area contributed by atoms with Crippen molar-refractivity contribution in [2.24, 2.45) is 4.99 Å². The highest BCUT2D eigenvalue weighted by Crippen LogP contribution is 2.08. The Balaban J connectivity index is 1.34. The van der Waals surface area contributed by atoms with Crippen molar-refractivity contribution in [3.63, 3.8) is 0 Å². The van der Waals surface area contributed by atoms with E-state index in [0.717, 1.165) is 18.7 Å². The molecule has 28 heavy (non-hydrogen) atoms. The average molecular weight is 380 g/mol. The molecule has 8 heteroatoms. The monoisotopic (exact) mass is 380 g/mol. The quantitative estimate of drug-likeness (QED) is 0.313. The molecule has 0 bridgehead atoms. The van der Waals surface area contributed by atoms with E-state index in [9.17, 15) is 4.79 Å². The van der Waals surface area contributed by atoms with Crippen molar-refractivity contribution in [2.45, 2.75) is 6.42 Å². The van der Waals surface area contributed by atoms with Crippen LogP contribution in [0.4, 0.5) is 0 Å². The molecule has 8 nitrogen and oxygen atoms in total. The number of hydrogen-bond acceptors (Lipinski definition) is 4. The number of guanidine groups is 1. The van der Waals surface area contributed by atoms with Crippen LogP contribution in [-0.4, -0.2) is 48.3 Å². The fourth-order valence-corrected chi connectivity index (χ4v) is 2.63. The van der Waals surface area contributed by atoms with Crippen LogP contribution in [0.2, 0.25) is 0 Å². The van der Waals surface area contributed by atoms with Crippen molar-refractivity contribution in [3.05, 3.63) is 72.4 Å². The Morgan fingerprint density at radius 1 is 1.07 bits per heavy atom. The van der Waals surface area contributed by atoms with Gasteiger partial charge in [0, 0.05) is 39.1 Å². The minimum Gasteiger partial charge on any atom is -0.459 e. The van der Waals surface area contributed by atoms with Crippen molar-refractivity contribution < 1.29 is 9.21 Å². The van der Waals surface area contributed by atoms with E-state index >= 15 is 0 Å². The standard InChI is InChI=1S/C20H24N6O2/c1-21-20(24-13-12-22-19(27)18-4-2-15-28-18)23-11-9-16-5-7-17(8-6-16)26-14-3-10-25-26/h2-8,10,14-15H,9,11-13H2,1H3,(H,22,27)(H2,21,23,24). The zero-order valence-electron chi connectivity index (χ0n) is 15.8. The fraction of sp³-hybridized carbons (Fsp3) is 0.250. The number of carbonyl (C=O) groups excluding carboxylic acids is 1. The van der Waals surface area contributed by atoms with Crippen LogP contribution < -0.4 is 16.0 Å². The highest BCUT2D eigenvalue weighted by molar-refractivity contribution is 5.91. The van der Waals surface area contributed by atoms with Crippen molar-refractivity contribution in [3.8, 4) is 5.69 Å². The lowest BCUT2D eigenvalue weighted by molar-refractivity contribution is 0.0926. The lowest BCUT2D eigenvalue weighted by Crippen LogP contribution is -2.42. The van der Waals surface area contributed by atoms with Crippen molar-refractivity contribution in [1.29, 1.82) is 0 Å². The number of rotatable bonds is 8. The third kappa shape index (κ3) is 5.47. The van der Waals surface area contributed by atoms with Gasteiger partial charge in [0.2, 0.25) is 0 Å². The molecule has 0 atom stereocenters. The summed E-state index contributed by atoms with van der Waals surface area (Å²) in [6, 6.07) is 13.5. The van der Waals surface area contributed by atoms with Gasteiger partial charge in [-0.3, -0.25) is 9.79 Å². The molecule has 0 aliphatic rings. The normalized spacial score (nSPS) is 11.2. The summed E-state index contributed by atoms with van der Waals surface area (Å²) in [6.45, 7) is 1.78. The average Bonchev–Trinajstić information content (AvgIpc) is 3.44. The lowest BCUT2D eigenvalue weighted by Gasteiger charge is -2.12. The summed E-state index contributed by atoms with van der Waals surface area (Å²) in [6.07, 6.45) is 6.03. The molecule has 1 amide bonds. The largest absolute Gasteiger partial charge is 0.459 e. The maximum absolute atomic E-state index is 11.8. The molecule has 3 N–H and O–H groups in total. The number of hydrogen-bond donors (Lipinski definition) is 3. The first-order valence-corrected chi connectivity index (χ1v) is 9.11. The first-order valence-electron chi connectivity index (χ1n) is 9.11. The van der Waals surface area contributed by atoms with Crippen LogP contribution in [-0.2, 0) is 6.42 Å². The highest BCUT2D eigenvalue weighted by Gasteiger charge is 2.06. The summed E-state index contributed by atoms with van der Waals surface area (Å²) >= 11 is 0. The SMILES string of the molecule is CN=C(NCCNC(=O)c1ccco1)NCCc1ccc(-n2cccn2)cc1. The molecular formula is C20H24N6O2. The van der Waals surface area contributed by atoms with E-state index in [1.54, 1.807) is 25.4 Å². The number of benzene rings is 1. The van der Waals surface area contributed by atoms with E-state index in [2.05, 4.69) is 50.3 Å². The van der Waals surface area contributed by atoms with E-state index in [4.69, 9.17) is 4.42 Å². The number of nitrogens with one attached hydrogen (secondary N) is 3. The number of amides is 1. The molecule has 0 radical (unpaired) electrons. The molecule has 0 saturated heterocycles. The first kappa shape index (κ1) is 19.2. The number of furan rings is 1. The molecule has 0 saturated carbocycles. The molecule has 1 aromatic carbocycles. The Kier molecular flexibility index (Phi) is 6.84. The van der Waals surface area contributed by atoms with E-state index in [-0.39, 0.29) is 5.91 Å². The predicted molar refractivity (Wildman–Crippen MR) is 108 cm³/mol. The highest BCUT2D eigenvalue weighted by atomic mass is 16.3. The van der Waals surface area contributed by atoms with Gasteiger partial charge in [0.1, 0.15) is 0 Å². The van der Waals surface area contributed by atoms with Crippen LogP contribution in [0.5, 0.6) is 0 Å². The zero-order chi connectivity index (χ0) is 19.6. The van der Waals surface area contributed by atoms with Crippen molar-refractivity contribution >= 4 is 11.9 Å². The summed E-state index contributed by atoms with van der Waals surface area (Å²) in [5.41, 5.74) is 2.26. The summed E-state index contributed by atoms with van der Waals surface area (Å²) in [7, 11) is 1.72. The smallest absolute Gasteiger partial charge is 0.287 e. The van der Waals surface area contributed by atoms with Gasteiger partial charge in [0.25, 0.3) is 5.91 Å². The second-order valence-electron chi connectivity index (χ2n) is 6.03. The first-order chi connectivity index (χ1) is 13.8. The minimum atomic E-state index is -0.228. The van der Waals surface area contributed by atoms with Gasteiger partial charge in [0.05, 0.1) is 12.0 Å². The summed E-state index contributed by atoms with van der Waals surface area (Å²) in [5.74, 6) is 0.773. The minimum absolute atomic E-state index is 0.228. The van der Waals surface area contributed by atoms with Crippen LogP contribution in [0.3, 0.4) is 0 Å². The maximum atomic E-state index is 11.8. The molecule has 0 unspecified atom stereocenters. The molecule has 0 spiro atoms. The Morgan fingerprint density at radius 3 is 2.54 bits per heavy atom. The molecule has 0 aliphatic heterocycles. The van der Waals surface area contributed by atoms with Gasteiger partial charge in [-0.05, 0) is 42.3 Å². The molecule has 3 rings (SSSR count). The van der Waals surface area contributed by atoms with Crippen LogP contribution in [0.25, 0.3) is 5.69 Å². The van der Waals surface area contributed by atoms with Gasteiger partial charge in [-0.25, -0.2) is 4.68 Å². The molecule has 2 aromatic heterocycles. The number of aromatic nitrogens is 2. The van der Waals surface area contributed by atoms with Gasteiger partial charge in [-0.2, -0.15) is 5.10 Å². The summed E-state index contributed by atoms with van der Waals surface area (Å²) < 4.78 is 6.88. The maximum Gasteiger partial charge on any atom is 0.287 e. The third-order valence-corrected chi connectivity index (χ3v) is 4.08. The number of carbonyl (C=O) groups is 1. The lowest BCUT2D eigenvalue weighted by atomic mass is 10.1. The third-order valence-electron chi connectivity index (χ3n) is 4.08. The van der Waals surface area contributed by atoms with Crippen LogP contribution in [0.15, 0.2) is 70.5 Å². The number of aliphatic imine (C=N–C) groups is 1. The zero-order valence-corrected chi connectivity index (χ0v) is 15.8. The molecule has 0 aliphatic carbocycles. The molecule has 3 aromatic rings. The second-order valence-corrected chi connectivity index (χ2v) is 6.03. The van der Waals surface area contributed by atoms with E-state index in [1.165, 1.54) is 11.8 Å². The molecule has 0 fully saturated rings. The van der Waals surface area contributed by atoms with Crippen LogP contribution >= 0.6 is 0 Å². The molecule has 2 heterocycles.